The molecular formula is C15H10ClF3O2. The van der Waals surface area contributed by atoms with Crippen molar-refractivity contribution in [3.63, 3.8) is 0 Å². The average Bonchev–Trinajstić information content (AvgIpc) is 2.45. The summed E-state index contributed by atoms with van der Waals surface area (Å²) in [7, 11) is 0. The van der Waals surface area contributed by atoms with Crippen molar-refractivity contribution < 1.29 is 22.7 Å². The maximum Gasteiger partial charge on any atom is 0.416 e. The van der Waals surface area contributed by atoms with Gasteiger partial charge in [0.25, 0.3) is 5.24 Å². The number of hydrogen-bond acceptors (Lipinski definition) is 2. The van der Waals surface area contributed by atoms with Gasteiger partial charge in [0, 0.05) is 11.1 Å². The number of carbonyl (C=O) groups excluding carboxylic acids is 1. The number of rotatable bonds is 4. The molecule has 2 aromatic carbocycles. The molecule has 0 aliphatic carbocycles. The van der Waals surface area contributed by atoms with Gasteiger partial charge in [-0.25, -0.2) is 0 Å². The second-order valence-electron chi connectivity index (χ2n) is 4.25. The quantitative estimate of drug-likeness (QED) is 0.767. The maximum absolute atomic E-state index is 12.6. The second kappa shape index (κ2) is 6.18. The van der Waals surface area contributed by atoms with Crippen LogP contribution in [0.2, 0.25) is 0 Å². The molecule has 2 aromatic rings. The first-order valence-corrected chi connectivity index (χ1v) is 6.33. The van der Waals surface area contributed by atoms with Crippen LogP contribution in [0.25, 0.3) is 0 Å². The number of hydrogen-bond donors (Lipinski definition) is 0. The molecule has 0 radical (unpaired) electrons. The molecule has 0 saturated heterocycles. The molecule has 0 unspecified atom stereocenters. The Labute approximate surface area is 124 Å². The summed E-state index contributed by atoms with van der Waals surface area (Å²) in [4.78, 5) is 11.2. The predicted molar refractivity (Wildman–Crippen MR) is 72.4 cm³/mol. The molecule has 6 heteroatoms. The Hall–Kier alpha value is -2.01. The van der Waals surface area contributed by atoms with E-state index in [-0.39, 0.29) is 17.9 Å². The second-order valence-corrected chi connectivity index (χ2v) is 4.59. The first kappa shape index (κ1) is 15.4. The highest BCUT2D eigenvalue weighted by molar-refractivity contribution is 6.67. The summed E-state index contributed by atoms with van der Waals surface area (Å²) < 4.78 is 43.1. The van der Waals surface area contributed by atoms with Gasteiger partial charge in [-0.05, 0) is 35.9 Å². The first-order chi connectivity index (χ1) is 9.88. The van der Waals surface area contributed by atoms with Crippen LogP contribution in [0.3, 0.4) is 0 Å². The molecule has 0 spiro atoms. The van der Waals surface area contributed by atoms with Crippen LogP contribution < -0.4 is 4.74 Å². The van der Waals surface area contributed by atoms with E-state index in [9.17, 15) is 18.0 Å². The Morgan fingerprint density at radius 1 is 1.10 bits per heavy atom. The van der Waals surface area contributed by atoms with Gasteiger partial charge in [0.05, 0.1) is 5.56 Å². The third kappa shape index (κ3) is 3.98. The van der Waals surface area contributed by atoms with Gasteiger partial charge in [0.2, 0.25) is 0 Å². The highest BCUT2D eigenvalue weighted by Gasteiger charge is 2.30. The lowest BCUT2D eigenvalue weighted by Crippen LogP contribution is -2.06. The van der Waals surface area contributed by atoms with Gasteiger partial charge in [-0.1, -0.05) is 24.3 Å². The summed E-state index contributed by atoms with van der Waals surface area (Å²) in [5.74, 6) is 0.0710. The standard InChI is InChI=1S/C15H10ClF3O2/c16-14(20)13-7-2-1-4-10(13)9-21-12-6-3-5-11(8-12)15(17,18)19/h1-8H,9H2. The van der Waals surface area contributed by atoms with Crippen LogP contribution in [0.5, 0.6) is 5.75 Å². The third-order valence-corrected chi connectivity index (χ3v) is 2.99. The minimum absolute atomic E-state index is 0.0457. The Kier molecular flexibility index (Phi) is 4.53. The zero-order valence-electron chi connectivity index (χ0n) is 10.7. The van der Waals surface area contributed by atoms with Crippen molar-refractivity contribution in [2.24, 2.45) is 0 Å². The van der Waals surface area contributed by atoms with E-state index in [1.54, 1.807) is 18.2 Å². The zero-order chi connectivity index (χ0) is 15.5. The van der Waals surface area contributed by atoms with Crippen LogP contribution in [-0.4, -0.2) is 5.24 Å². The van der Waals surface area contributed by atoms with Crippen molar-refractivity contribution in [2.75, 3.05) is 0 Å². The third-order valence-electron chi connectivity index (χ3n) is 2.78. The molecule has 0 aromatic heterocycles. The zero-order valence-corrected chi connectivity index (χ0v) is 11.4. The van der Waals surface area contributed by atoms with Crippen LogP contribution in [0.1, 0.15) is 21.5 Å². The number of alkyl halides is 3. The predicted octanol–water partition coefficient (Wildman–Crippen LogP) is 4.66. The molecule has 0 aliphatic rings. The minimum atomic E-state index is -4.43. The number of benzene rings is 2. The van der Waals surface area contributed by atoms with Gasteiger partial charge >= 0.3 is 6.18 Å². The lowest BCUT2D eigenvalue weighted by molar-refractivity contribution is -0.137. The maximum atomic E-state index is 12.6. The van der Waals surface area contributed by atoms with Crippen LogP contribution in [0.15, 0.2) is 48.5 Å². The summed E-state index contributed by atoms with van der Waals surface area (Å²) in [5.41, 5.74) is -0.0113. The van der Waals surface area contributed by atoms with Gasteiger partial charge < -0.3 is 4.74 Å². The highest BCUT2D eigenvalue weighted by atomic mass is 35.5. The van der Waals surface area contributed by atoms with E-state index in [0.717, 1.165) is 12.1 Å². The Morgan fingerprint density at radius 3 is 2.48 bits per heavy atom. The molecular weight excluding hydrogens is 305 g/mol. The molecule has 0 bridgehead atoms. The molecule has 0 amide bonds. The minimum Gasteiger partial charge on any atom is -0.489 e. The SMILES string of the molecule is O=C(Cl)c1ccccc1COc1cccc(C(F)(F)F)c1. The fourth-order valence-electron chi connectivity index (χ4n) is 1.76. The summed E-state index contributed by atoms with van der Waals surface area (Å²) in [6.45, 7) is -0.0457. The van der Waals surface area contributed by atoms with E-state index < -0.39 is 17.0 Å². The van der Waals surface area contributed by atoms with Crippen LogP contribution in [0.4, 0.5) is 13.2 Å². The largest absolute Gasteiger partial charge is 0.489 e. The van der Waals surface area contributed by atoms with E-state index in [0.29, 0.717) is 5.56 Å². The molecule has 0 N–H and O–H groups in total. The fraction of sp³-hybridized carbons (Fsp3) is 0.133. The van der Waals surface area contributed by atoms with Gasteiger partial charge in [-0.3, -0.25) is 4.79 Å². The van der Waals surface area contributed by atoms with Gasteiger partial charge in [0.15, 0.2) is 0 Å². The van der Waals surface area contributed by atoms with Crippen molar-refractivity contribution in [3.8, 4) is 5.75 Å². The monoisotopic (exact) mass is 314 g/mol. The lowest BCUT2D eigenvalue weighted by Gasteiger charge is -2.11. The molecule has 2 rings (SSSR count). The summed E-state index contributed by atoms with van der Waals surface area (Å²) in [6, 6.07) is 11.0. The van der Waals surface area contributed by atoms with Crippen molar-refractivity contribution in [2.45, 2.75) is 12.8 Å². The van der Waals surface area contributed by atoms with E-state index in [2.05, 4.69) is 0 Å². The van der Waals surface area contributed by atoms with Crippen LogP contribution >= 0.6 is 11.6 Å². The van der Waals surface area contributed by atoms with E-state index in [1.807, 2.05) is 0 Å². The Bertz CT molecular complexity index is 653. The van der Waals surface area contributed by atoms with E-state index in [1.165, 1.54) is 18.2 Å². The molecule has 0 fully saturated rings. The van der Waals surface area contributed by atoms with Crippen molar-refractivity contribution in [3.05, 3.63) is 65.2 Å². The Balaban J connectivity index is 2.16. The number of carbonyl (C=O) groups is 1. The number of halogens is 4. The molecule has 0 heterocycles. The van der Waals surface area contributed by atoms with Crippen LogP contribution in [0, 0.1) is 0 Å². The molecule has 110 valence electrons. The topological polar surface area (TPSA) is 26.3 Å². The highest BCUT2D eigenvalue weighted by Crippen LogP contribution is 2.31. The van der Waals surface area contributed by atoms with Crippen molar-refractivity contribution >= 4 is 16.8 Å². The van der Waals surface area contributed by atoms with Crippen molar-refractivity contribution in [1.82, 2.24) is 0 Å². The molecule has 2 nitrogen and oxygen atoms in total. The average molecular weight is 315 g/mol. The van der Waals surface area contributed by atoms with Crippen molar-refractivity contribution in [1.29, 1.82) is 0 Å². The summed E-state index contributed by atoms with van der Waals surface area (Å²) >= 11 is 5.43. The van der Waals surface area contributed by atoms with Crippen LogP contribution in [-0.2, 0) is 12.8 Å². The number of ether oxygens (including phenoxy) is 1. The fourth-order valence-corrected chi connectivity index (χ4v) is 1.95. The lowest BCUT2D eigenvalue weighted by atomic mass is 10.1. The van der Waals surface area contributed by atoms with Gasteiger partial charge in [-0.15, -0.1) is 0 Å². The van der Waals surface area contributed by atoms with E-state index in [4.69, 9.17) is 16.3 Å². The molecule has 0 atom stereocenters. The molecule has 21 heavy (non-hydrogen) atoms. The normalized spacial score (nSPS) is 11.2. The molecule has 0 saturated carbocycles. The summed E-state index contributed by atoms with van der Waals surface area (Å²) in [5, 5.41) is -0.641. The summed E-state index contributed by atoms with van der Waals surface area (Å²) in [6.07, 6.45) is -4.43. The first-order valence-electron chi connectivity index (χ1n) is 5.96. The van der Waals surface area contributed by atoms with Gasteiger partial charge in [-0.2, -0.15) is 13.2 Å². The van der Waals surface area contributed by atoms with Gasteiger partial charge in [0.1, 0.15) is 12.4 Å². The van der Waals surface area contributed by atoms with E-state index >= 15 is 0 Å². The Morgan fingerprint density at radius 2 is 1.81 bits per heavy atom. The smallest absolute Gasteiger partial charge is 0.416 e. The molecule has 0 aliphatic heterocycles.